The van der Waals surface area contributed by atoms with Crippen LogP contribution in [0.3, 0.4) is 0 Å². The van der Waals surface area contributed by atoms with E-state index in [1.165, 1.54) is 16.7 Å². The Hall–Kier alpha value is -2.13. The molecule has 0 aromatic heterocycles. The third-order valence-electron chi connectivity index (χ3n) is 4.12. The molecule has 2 aromatic carbocycles. The summed E-state index contributed by atoms with van der Waals surface area (Å²) in [7, 11) is 1.98. The first-order chi connectivity index (χ1) is 11.0. The van der Waals surface area contributed by atoms with Crippen molar-refractivity contribution >= 4 is 11.6 Å². The van der Waals surface area contributed by atoms with E-state index in [0.29, 0.717) is 6.54 Å². The number of nitrogens with zero attached hydrogens (tertiary/aromatic N) is 1. The van der Waals surface area contributed by atoms with Crippen LogP contribution in [-0.2, 0) is 17.8 Å². The summed E-state index contributed by atoms with van der Waals surface area (Å²) in [6.07, 6.45) is 0.913. The molecule has 0 heterocycles. The molecule has 0 saturated carbocycles. The van der Waals surface area contributed by atoms with Crippen LogP contribution in [0, 0.1) is 13.8 Å². The lowest BCUT2D eigenvalue weighted by Gasteiger charge is -2.19. The van der Waals surface area contributed by atoms with Crippen LogP contribution in [0.15, 0.2) is 42.5 Å². The SMILES string of the molecule is CCc1cccc(C)c1NC(=O)CN(C)Cc1ccccc1C. The van der Waals surface area contributed by atoms with Crippen LogP contribution in [0.1, 0.15) is 29.2 Å². The number of nitrogens with one attached hydrogen (secondary N) is 1. The van der Waals surface area contributed by atoms with Gasteiger partial charge in [-0.1, -0.05) is 49.4 Å². The van der Waals surface area contributed by atoms with Gasteiger partial charge in [-0.2, -0.15) is 0 Å². The molecule has 0 fully saturated rings. The molecular weight excluding hydrogens is 284 g/mol. The van der Waals surface area contributed by atoms with E-state index in [2.05, 4.69) is 37.4 Å². The van der Waals surface area contributed by atoms with Gasteiger partial charge in [-0.15, -0.1) is 0 Å². The molecule has 0 radical (unpaired) electrons. The highest BCUT2D eigenvalue weighted by molar-refractivity contribution is 5.93. The fraction of sp³-hybridized carbons (Fsp3) is 0.350. The number of carbonyl (C=O) groups excluding carboxylic acids is 1. The smallest absolute Gasteiger partial charge is 0.238 e. The third kappa shape index (κ3) is 4.67. The first-order valence-corrected chi connectivity index (χ1v) is 8.12. The lowest BCUT2D eigenvalue weighted by atomic mass is 10.1. The van der Waals surface area contributed by atoms with Crippen molar-refractivity contribution in [2.24, 2.45) is 0 Å². The van der Waals surface area contributed by atoms with Crippen LogP contribution >= 0.6 is 0 Å². The molecule has 0 atom stereocenters. The summed E-state index contributed by atoms with van der Waals surface area (Å²) in [6, 6.07) is 14.4. The quantitative estimate of drug-likeness (QED) is 0.876. The number of amides is 1. The van der Waals surface area contributed by atoms with Crippen molar-refractivity contribution in [3.63, 3.8) is 0 Å². The molecule has 3 nitrogen and oxygen atoms in total. The summed E-state index contributed by atoms with van der Waals surface area (Å²) in [5, 5.41) is 3.08. The Morgan fingerprint density at radius 3 is 2.35 bits per heavy atom. The van der Waals surface area contributed by atoms with E-state index < -0.39 is 0 Å². The maximum atomic E-state index is 12.4. The van der Waals surface area contributed by atoms with Crippen molar-refractivity contribution < 1.29 is 4.79 Å². The van der Waals surface area contributed by atoms with Gasteiger partial charge < -0.3 is 5.32 Å². The predicted molar refractivity (Wildman–Crippen MR) is 96.7 cm³/mol. The van der Waals surface area contributed by atoms with Crippen molar-refractivity contribution in [2.75, 3.05) is 18.9 Å². The molecule has 1 N–H and O–H groups in total. The highest BCUT2D eigenvalue weighted by Crippen LogP contribution is 2.21. The van der Waals surface area contributed by atoms with Crippen LogP contribution in [0.4, 0.5) is 5.69 Å². The van der Waals surface area contributed by atoms with Crippen LogP contribution in [0.2, 0.25) is 0 Å². The largest absolute Gasteiger partial charge is 0.324 e. The second kappa shape index (κ2) is 7.93. The number of hydrogen-bond donors (Lipinski definition) is 1. The standard InChI is InChI=1S/C20H26N2O/c1-5-17-12-8-10-16(3)20(17)21-19(23)14-22(4)13-18-11-7-6-9-15(18)2/h6-12H,5,13-14H2,1-4H3,(H,21,23). The number of hydrogen-bond acceptors (Lipinski definition) is 2. The summed E-state index contributed by atoms with van der Waals surface area (Å²) in [4.78, 5) is 14.4. The lowest BCUT2D eigenvalue weighted by Crippen LogP contribution is -2.30. The molecule has 122 valence electrons. The number of benzene rings is 2. The Morgan fingerprint density at radius 1 is 1.00 bits per heavy atom. The molecule has 0 spiro atoms. The minimum Gasteiger partial charge on any atom is -0.324 e. The average molecular weight is 310 g/mol. The molecule has 23 heavy (non-hydrogen) atoms. The summed E-state index contributed by atoms with van der Waals surface area (Å²) in [5.74, 6) is 0.0325. The number of carbonyl (C=O) groups is 1. The van der Waals surface area contributed by atoms with Gasteiger partial charge in [-0.05, 0) is 49.6 Å². The Bertz CT molecular complexity index is 679. The van der Waals surface area contributed by atoms with E-state index in [9.17, 15) is 4.79 Å². The van der Waals surface area contributed by atoms with Crippen LogP contribution in [0.25, 0.3) is 0 Å². The maximum absolute atomic E-state index is 12.4. The molecular formula is C20H26N2O. The summed E-state index contributed by atoms with van der Waals surface area (Å²) in [5.41, 5.74) is 5.77. The zero-order valence-electron chi connectivity index (χ0n) is 14.5. The van der Waals surface area contributed by atoms with E-state index in [-0.39, 0.29) is 5.91 Å². The van der Waals surface area contributed by atoms with Gasteiger partial charge in [0.1, 0.15) is 0 Å². The number of para-hydroxylation sites is 1. The van der Waals surface area contributed by atoms with Crippen molar-refractivity contribution in [2.45, 2.75) is 33.7 Å². The van der Waals surface area contributed by atoms with Gasteiger partial charge in [0, 0.05) is 12.2 Å². The van der Waals surface area contributed by atoms with Gasteiger partial charge in [0.05, 0.1) is 6.54 Å². The van der Waals surface area contributed by atoms with E-state index in [1.807, 2.05) is 43.1 Å². The Morgan fingerprint density at radius 2 is 1.65 bits per heavy atom. The third-order valence-corrected chi connectivity index (χ3v) is 4.12. The number of rotatable bonds is 6. The number of anilines is 1. The monoisotopic (exact) mass is 310 g/mol. The van der Waals surface area contributed by atoms with Crippen molar-refractivity contribution in [1.82, 2.24) is 4.90 Å². The molecule has 0 aliphatic carbocycles. The van der Waals surface area contributed by atoms with E-state index in [0.717, 1.165) is 24.2 Å². The molecule has 2 rings (SSSR count). The molecule has 0 saturated heterocycles. The van der Waals surface area contributed by atoms with Crippen LogP contribution in [0.5, 0.6) is 0 Å². The first-order valence-electron chi connectivity index (χ1n) is 8.12. The van der Waals surface area contributed by atoms with Gasteiger partial charge in [0.2, 0.25) is 5.91 Å². The molecule has 3 heteroatoms. The summed E-state index contributed by atoms with van der Waals surface area (Å²) >= 11 is 0. The zero-order valence-corrected chi connectivity index (χ0v) is 14.5. The average Bonchev–Trinajstić information content (AvgIpc) is 2.51. The molecule has 1 amide bonds. The Balaban J connectivity index is 1.99. The van der Waals surface area contributed by atoms with Gasteiger partial charge in [-0.3, -0.25) is 9.69 Å². The highest BCUT2D eigenvalue weighted by atomic mass is 16.2. The molecule has 2 aromatic rings. The Kier molecular flexibility index (Phi) is 5.94. The second-order valence-electron chi connectivity index (χ2n) is 6.11. The van der Waals surface area contributed by atoms with Crippen LogP contribution < -0.4 is 5.32 Å². The highest BCUT2D eigenvalue weighted by Gasteiger charge is 2.11. The first kappa shape index (κ1) is 17.2. The number of likely N-dealkylation sites (N-methyl/N-ethyl adjacent to an activating group) is 1. The fourth-order valence-electron chi connectivity index (χ4n) is 2.76. The maximum Gasteiger partial charge on any atom is 0.238 e. The molecule has 0 unspecified atom stereocenters. The van der Waals surface area contributed by atoms with Crippen molar-refractivity contribution in [1.29, 1.82) is 0 Å². The molecule has 0 aliphatic rings. The van der Waals surface area contributed by atoms with E-state index in [1.54, 1.807) is 0 Å². The minimum absolute atomic E-state index is 0.0325. The predicted octanol–water partition coefficient (Wildman–Crippen LogP) is 3.94. The Labute approximate surface area is 139 Å². The van der Waals surface area contributed by atoms with E-state index >= 15 is 0 Å². The summed E-state index contributed by atoms with van der Waals surface area (Å²) < 4.78 is 0. The minimum atomic E-state index is 0.0325. The summed E-state index contributed by atoms with van der Waals surface area (Å²) in [6.45, 7) is 7.39. The zero-order chi connectivity index (χ0) is 16.8. The second-order valence-corrected chi connectivity index (χ2v) is 6.11. The number of aryl methyl sites for hydroxylation is 3. The molecule has 0 bridgehead atoms. The van der Waals surface area contributed by atoms with Crippen molar-refractivity contribution in [3.8, 4) is 0 Å². The van der Waals surface area contributed by atoms with Gasteiger partial charge in [0.25, 0.3) is 0 Å². The topological polar surface area (TPSA) is 32.3 Å². The van der Waals surface area contributed by atoms with Gasteiger partial charge in [0.15, 0.2) is 0 Å². The molecule has 0 aliphatic heterocycles. The van der Waals surface area contributed by atoms with Gasteiger partial charge in [-0.25, -0.2) is 0 Å². The normalized spacial score (nSPS) is 10.8. The van der Waals surface area contributed by atoms with Gasteiger partial charge >= 0.3 is 0 Å². The lowest BCUT2D eigenvalue weighted by molar-refractivity contribution is -0.117. The van der Waals surface area contributed by atoms with E-state index in [4.69, 9.17) is 0 Å². The van der Waals surface area contributed by atoms with Crippen molar-refractivity contribution in [3.05, 3.63) is 64.7 Å². The van der Waals surface area contributed by atoms with Crippen LogP contribution in [-0.4, -0.2) is 24.4 Å². The fourth-order valence-corrected chi connectivity index (χ4v) is 2.76.